The number of nitrogens with zero attached hydrogens (tertiary/aromatic N) is 2. The second kappa shape index (κ2) is 7.05. The van der Waals surface area contributed by atoms with Crippen molar-refractivity contribution in [2.45, 2.75) is 37.7 Å². The van der Waals surface area contributed by atoms with Crippen LogP contribution >= 0.6 is 11.8 Å². The highest BCUT2D eigenvalue weighted by molar-refractivity contribution is 7.98. The predicted octanol–water partition coefficient (Wildman–Crippen LogP) is 3.22. The van der Waals surface area contributed by atoms with E-state index in [-0.39, 0.29) is 11.2 Å². The van der Waals surface area contributed by atoms with Gasteiger partial charge < -0.3 is 8.98 Å². The van der Waals surface area contributed by atoms with Crippen LogP contribution in [0.2, 0.25) is 0 Å². The van der Waals surface area contributed by atoms with Crippen LogP contribution in [0.3, 0.4) is 0 Å². The fraction of sp³-hybridized carbons (Fsp3) is 0.278. The normalized spacial score (nSPS) is 11.1. The zero-order valence-corrected chi connectivity index (χ0v) is 14.4. The van der Waals surface area contributed by atoms with Gasteiger partial charge >= 0.3 is 5.63 Å². The Hall–Kier alpha value is -2.34. The predicted molar refractivity (Wildman–Crippen MR) is 95.6 cm³/mol. The molecule has 24 heavy (non-hydrogen) atoms. The quantitative estimate of drug-likeness (QED) is 0.405. The summed E-state index contributed by atoms with van der Waals surface area (Å²) in [6.45, 7) is 4.78. The van der Waals surface area contributed by atoms with Gasteiger partial charge in [-0.3, -0.25) is 4.79 Å². The molecule has 0 saturated carbocycles. The van der Waals surface area contributed by atoms with Crippen LogP contribution in [-0.4, -0.2) is 9.55 Å². The number of hydrogen-bond donors (Lipinski definition) is 0. The van der Waals surface area contributed by atoms with Gasteiger partial charge in [0, 0.05) is 36.0 Å². The molecule has 0 amide bonds. The molecule has 0 fully saturated rings. The number of aromatic nitrogens is 2. The maximum Gasteiger partial charge on any atom is 0.336 e. The SMILES string of the molecule is CCc1ccc2c(CSc3nc(=O)ccn3CC)cc(=O)oc2c1. The van der Waals surface area contributed by atoms with Crippen molar-refractivity contribution in [2.24, 2.45) is 0 Å². The minimum absolute atomic E-state index is 0.257. The summed E-state index contributed by atoms with van der Waals surface area (Å²) >= 11 is 1.44. The minimum Gasteiger partial charge on any atom is -0.423 e. The Kier molecular flexibility index (Phi) is 4.85. The summed E-state index contributed by atoms with van der Waals surface area (Å²) in [5.41, 5.74) is 1.99. The lowest BCUT2D eigenvalue weighted by Gasteiger charge is -2.10. The zero-order chi connectivity index (χ0) is 17.1. The maximum atomic E-state index is 11.8. The molecular formula is C18H18N2O3S. The molecule has 124 valence electrons. The number of thioether (sulfide) groups is 1. The van der Waals surface area contributed by atoms with Crippen molar-refractivity contribution >= 4 is 22.7 Å². The number of fused-ring (bicyclic) bond motifs is 1. The fourth-order valence-electron chi connectivity index (χ4n) is 2.53. The zero-order valence-electron chi connectivity index (χ0n) is 13.6. The molecular weight excluding hydrogens is 324 g/mol. The third-order valence-electron chi connectivity index (χ3n) is 3.85. The summed E-state index contributed by atoms with van der Waals surface area (Å²) in [6.07, 6.45) is 2.62. The molecule has 0 aliphatic heterocycles. The Morgan fingerprint density at radius 1 is 1.17 bits per heavy atom. The van der Waals surface area contributed by atoms with Crippen LogP contribution in [0.25, 0.3) is 11.0 Å². The minimum atomic E-state index is -0.361. The molecule has 3 aromatic rings. The van der Waals surface area contributed by atoms with Crippen molar-refractivity contribution < 1.29 is 4.42 Å². The molecule has 0 aliphatic rings. The lowest BCUT2D eigenvalue weighted by molar-refractivity contribution is 0.559. The van der Waals surface area contributed by atoms with Crippen molar-refractivity contribution in [3.63, 3.8) is 0 Å². The Morgan fingerprint density at radius 2 is 2.00 bits per heavy atom. The molecule has 0 radical (unpaired) electrons. The highest BCUT2D eigenvalue weighted by atomic mass is 32.2. The first-order valence-corrected chi connectivity index (χ1v) is 8.85. The van der Waals surface area contributed by atoms with Crippen molar-refractivity contribution in [3.8, 4) is 0 Å². The largest absolute Gasteiger partial charge is 0.423 e. The smallest absolute Gasteiger partial charge is 0.336 e. The van der Waals surface area contributed by atoms with E-state index in [2.05, 4.69) is 11.9 Å². The van der Waals surface area contributed by atoms with Crippen LogP contribution in [0.4, 0.5) is 0 Å². The Bertz CT molecular complexity index is 991. The van der Waals surface area contributed by atoms with E-state index in [0.29, 0.717) is 16.5 Å². The Balaban J connectivity index is 1.97. The first kappa shape index (κ1) is 16.5. The summed E-state index contributed by atoms with van der Waals surface area (Å²) in [5, 5.41) is 1.57. The van der Waals surface area contributed by atoms with E-state index < -0.39 is 0 Å². The van der Waals surface area contributed by atoms with Gasteiger partial charge in [0.2, 0.25) is 0 Å². The summed E-state index contributed by atoms with van der Waals surface area (Å²) in [7, 11) is 0. The average Bonchev–Trinajstić information content (AvgIpc) is 2.59. The third-order valence-corrected chi connectivity index (χ3v) is 4.89. The summed E-state index contributed by atoms with van der Waals surface area (Å²) < 4.78 is 7.24. The molecule has 0 N–H and O–H groups in total. The number of hydrogen-bond acceptors (Lipinski definition) is 5. The van der Waals surface area contributed by atoms with Crippen LogP contribution in [0.1, 0.15) is 25.0 Å². The maximum absolute atomic E-state index is 11.8. The molecule has 0 spiro atoms. The van der Waals surface area contributed by atoms with E-state index >= 15 is 0 Å². The highest BCUT2D eigenvalue weighted by Gasteiger charge is 2.09. The average molecular weight is 342 g/mol. The van der Waals surface area contributed by atoms with Crippen molar-refractivity contribution in [3.05, 3.63) is 68.4 Å². The molecule has 0 unspecified atom stereocenters. The van der Waals surface area contributed by atoms with Crippen molar-refractivity contribution in [2.75, 3.05) is 0 Å². The van der Waals surface area contributed by atoms with E-state index in [9.17, 15) is 9.59 Å². The summed E-state index contributed by atoms with van der Waals surface area (Å²) in [4.78, 5) is 27.4. The molecule has 0 saturated heterocycles. The van der Waals surface area contributed by atoms with Crippen molar-refractivity contribution in [1.29, 1.82) is 0 Å². The number of rotatable bonds is 5. The van der Waals surface area contributed by atoms with E-state index in [1.807, 2.05) is 29.7 Å². The van der Waals surface area contributed by atoms with Crippen LogP contribution in [0, 0.1) is 0 Å². The van der Waals surface area contributed by atoms with Gasteiger partial charge in [0.1, 0.15) is 5.58 Å². The van der Waals surface area contributed by atoms with Crippen LogP contribution in [0.15, 0.2) is 55.7 Å². The van der Waals surface area contributed by atoms with Crippen LogP contribution < -0.4 is 11.2 Å². The van der Waals surface area contributed by atoms with Gasteiger partial charge in [-0.15, -0.1) is 0 Å². The fourth-order valence-corrected chi connectivity index (χ4v) is 3.56. The lowest BCUT2D eigenvalue weighted by Crippen LogP contribution is -2.12. The Labute approximate surface area is 143 Å². The van der Waals surface area contributed by atoms with Gasteiger partial charge in [-0.05, 0) is 30.5 Å². The molecule has 2 heterocycles. The monoisotopic (exact) mass is 342 g/mol. The van der Waals surface area contributed by atoms with Gasteiger partial charge in [-0.25, -0.2) is 4.79 Å². The first-order chi connectivity index (χ1) is 11.6. The molecule has 3 rings (SSSR count). The lowest BCUT2D eigenvalue weighted by atomic mass is 10.1. The van der Waals surface area contributed by atoms with E-state index in [4.69, 9.17) is 4.42 Å². The first-order valence-electron chi connectivity index (χ1n) is 7.86. The van der Waals surface area contributed by atoms with Gasteiger partial charge in [0.15, 0.2) is 5.16 Å². The van der Waals surface area contributed by atoms with Crippen LogP contribution in [0.5, 0.6) is 0 Å². The third kappa shape index (κ3) is 3.43. The molecule has 2 aromatic heterocycles. The summed E-state index contributed by atoms with van der Waals surface area (Å²) in [5.74, 6) is 0.546. The summed E-state index contributed by atoms with van der Waals surface area (Å²) in [6, 6.07) is 8.90. The van der Waals surface area contributed by atoms with Crippen LogP contribution in [-0.2, 0) is 18.7 Å². The Morgan fingerprint density at radius 3 is 2.75 bits per heavy atom. The van der Waals surface area contributed by atoms with Gasteiger partial charge in [-0.1, -0.05) is 30.8 Å². The second-order valence-electron chi connectivity index (χ2n) is 5.40. The van der Waals surface area contributed by atoms with E-state index in [1.54, 1.807) is 6.20 Å². The molecule has 0 aliphatic carbocycles. The van der Waals surface area contributed by atoms with Crippen molar-refractivity contribution in [1.82, 2.24) is 9.55 Å². The van der Waals surface area contributed by atoms with E-state index in [1.165, 1.54) is 23.9 Å². The molecule has 0 bridgehead atoms. The molecule has 1 aromatic carbocycles. The van der Waals surface area contributed by atoms with Gasteiger partial charge in [-0.2, -0.15) is 4.98 Å². The van der Waals surface area contributed by atoms with E-state index in [0.717, 1.165) is 29.5 Å². The van der Waals surface area contributed by atoms with Gasteiger partial charge in [0.05, 0.1) is 0 Å². The highest BCUT2D eigenvalue weighted by Crippen LogP contribution is 2.25. The standard InChI is InChI=1S/C18H18N2O3S/c1-3-12-5-6-14-13(10-17(22)23-15(14)9-12)11-24-18-19-16(21)7-8-20(18)4-2/h5-10H,3-4,11H2,1-2H3. The molecule has 0 atom stereocenters. The van der Waals surface area contributed by atoms with Gasteiger partial charge in [0.25, 0.3) is 5.56 Å². The second-order valence-corrected chi connectivity index (χ2v) is 6.34. The molecule has 6 heteroatoms. The molecule has 5 nitrogen and oxygen atoms in total. The topological polar surface area (TPSA) is 65.1 Å². The number of benzene rings is 1. The number of aryl methyl sites for hydroxylation is 2.